The molecule has 0 unspecified atom stereocenters. The summed E-state index contributed by atoms with van der Waals surface area (Å²) in [4.78, 5) is 6.50. The van der Waals surface area contributed by atoms with Crippen molar-refractivity contribution < 1.29 is 4.39 Å². The van der Waals surface area contributed by atoms with Crippen LogP contribution in [0.3, 0.4) is 0 Å². The average molecular weight is 220 g/mol. The first kappa shape index (κ1) is 11.1. The number of amidine groups is 1. The van der Waals surface area contributed by atoms with Gasteiger partial charge in [0.2, 0.25) is 0 Å². The van der Waals surface area contributed by atoms with E-state index in [0.717, 1.165) is 42.9 Å². The number of halogens is 1. The van der Waals surface area contributed by atoms with Gasteiger partial charge in [-0.1, -0.05) is 6.92 Å². The Bertz CT molecular complexity index is 412. The molecule has 2 rings (SSSR count). The van der Waals surface area contributed by atoms with E-state index in [1.54, 1.807) is 6.07 Å². The van der Waals surface area contributed by atoms with E-state index in [0.29, 0.717) is 0 Å². The van der Waals surface area contributed by atoms with Crippen LogP contribution in [0.2, 0.25) is 0 Å². The Kier molecular flexibility index (Phi) is 3.22. The molecule has 0 aliphatic carbocycles. The Labute approximate surface area is 95.8 Å². The molecule has 0 amide bonds. The van der Waals surface area contributed by atoms with Crippen molar-refractivity contribution in [2.24, 2.45) is 4.99 Å². The van der Waals surface area contributed by atoms with Gasteiger partial charge in [0.05, 0.1) is 0 Å². The molecule has 1 aromatic carbocycles. The van der Waals surface area contributed by atoms with Crippen molar-refractivity contribution in [3.63, 3.8) is 0 Å². The van der Waals surface area contributed by atoms with Crippen molar-refractivity contribution in [2.75, 3.05) is 18.5 Å². The fraction of sp³-hybridized carbons (Fsp3) is 0.462. The Morgan fingerprint density at radius 2 is 2.25 bits per heavy atom. The summed E-state index contributed by atoms with van der Waals surface area (Å²) in [5.41, 5.74) is 1.79. The van der Waals surface area contributed by atoms with Crippen molar-refractivity contribution in [3.05, 3.63) is 29.6 Å². The second kappa shape index (κ2) is 4.64. The maximum Gasteiger partial charge on any atom is 0.126 e. The van der Waals surface area contributed by atoms with Crippen LogP contribution in [0.25, 0.3) is 0 Å². The summed E-state index contributed by atoms with van der Waals surface area (Å²) in [7, 11) is 2.00. The Morgan fingerprint density at radius 3 is 2.88 bits per heavy atom. The van der Waals surface area contributed by atoms with Crippen molar-refractivity contribution in [2.45, 2.75) is 26.2 Å². The molecule has 0 saturated carbocycles. The third-order valence-corrected chi connectivity index (χ3v) is 3.04. The quantitative estimate of drug-likeness (QED) is 0.748. The van der Waals surface area contributed by atoms with Crippen LogP contribution in [0.5, 0.6) is 0 Å². The van der Waals surface area contributed by atoms with E-state index in [2.05, 4.69) is 9.89 Å². The first-order valence-electron chi connectivity index (χ1n) is 5.78. The number of nitrogens with zero attached hydrogens (tertiary/aromatic N) is 2. The molecule has 1 aliphatic rings. The monoisotopic (exact) mass is 220 g/mol. The number of aliphatic imine (C=N–C) groups is 1. The molecule has 0 spiro atoms. The molecular weight excluding hydrogens is 203 g/mol. The Morgan fingerprint density at radius 1 is 1.44 bits per heavy atom. The molecule has 1 aromatic rings. The minimum Gasteiger partial charge on any atom is -0.333 e. The van der Waals surface area contributed by atoms with Crippen LogP contribution in [0.4, 0.5) is 10.1 Å². The van der Waals surface area contributed by atoms with Gasteiger partial charge in [-0.15, -0.1) is 0 Å². The van der Waals surface area contributed by atoms with Gasteiger partial charge < -0.3 is 4.90 Å². The van der Waals surface area contributed by atoms with Crippen LogP contribution in [0.1, 0.15) is 25.3 Å². The topological polar surface area (TPSA) is 15.6 Å². The average Bonchev–Trinajstić information content (AvgIpc) is 2.82. The van der Waals surface area contributed by atoms with Crippen LogP contribution >= 0.6 is 0 Å². The van der Waals surface area contributed by atoms with Gasteiger partial charge in [0.25, 0.3) is 0 Å². The van der Waals surface area contributed by atoms with Gasteiger partial charge in [0, 0.05) is 25.7 Å². The lowest BCUT2D eigenvalue weighted by Crippen LogP contribution is -2.24. The Balaban J connectivity index is 2.26. The highest BCUT2D eigenvalue weighted by molar-refractivity contribution is 5.98. The lowest BCUT2D eigenvalue weighted by Gasteiger charge is -2.20. The van der Waals surface area contributed by atoms with E-state index >= 15 is 0 Å². The number of benzene rings is 1. The molecule has 3 heteroatoms. The third-order valence-electron chi connectivity index (χ3n) is 3.04. The van der Waals surface area contributed by atoms with Gasteiger partial charge in [-0.05, 0) is 36.6 Å². The molecule has 0 saturated heterocycles. The molecule has 0 fully saturated rings. The predicted octanol–water partition coefficient (Wildman–Crippen LogP) is 3.02. The predicted molar refractivity (Wildman–Crippen MR) is 65.7 cm³/mol. The molecule has 0 radical (unpaired) electrons. The van der Waals surface area contributed by atoms with Crippen LogP contribution in [0.15, 0.2) is 23.2 Å². The zero-order valence-electron chi connectivity index (χ0n) is 9.83. The third kappa shape index (κ3) is 2.08. The van der Waals surface area contributed by atoms with Gasteiger partial charge in [0.15, 0.2) is 0 Å². The van der Waals surface area contributed by atoms with E-state index in [9.17, 15) is 4.39 Å². The summed E-state index contributed by atoms with van der Waals surface area (Å²) in [6.07, 6.45) is 2.87. The van der Waals surface area contributed by atoms with Gasteiger partial charge in [0.1, 0.15) is 11.7 Å². The summed E-state index contributed by atoms with van der Waals surface area (Å²) in [6.45, 7) is 2.89. The number of anilines is 1. The van der Waals surface area contributed by atoms with E-state index in [-0.39, 0.29) is 5.82 Å². The SMILES string of the molecule is CCc1cc(N(C)C2=NCCC2)ccc1F. The number of aryl methyl sites for hydroxylation is 1. The van der Waals surface area contributed by atoms with Crippen LogP contribution in [-0.4, -0.2) is 19.4 Å². The standard InChI is InChI=1S/C13H17FN2/c1-3-10-9-11(6-7-12(10)14)16(2)13-5-4-8-15-13/h6-7,9H,3-5,8H2,1-2H3. The summed E-state index contributed by atoms with van der Waals surface area (Å²) < 4.78 is 13.4. The molecule has 86 valence electrons. The normalized spacial score (nSPS) is 15.1. The van der Waals surface area contributed by atoms with E-state index < -0.39 is 0 Å². The van der Waals surface area contributed by atoms with Crippen molar-refractivity contribution in [3.8, 4) is 0 Å². The molecule has 0 N–H and O–H groups in total. The van der Waals surface area contributed by atoms with Gasteiger partial charge in [-0.2, -0.15) is 0 Å². The fourth-order valence-corrected chi connectivity index (χ4v) is 1.99. The smallest absolute Gasteiger partial charge is 0.126 e. The summed E-state index contributed by atoms with van der Waals surface area (Å²) in [6, 6.07) is 5.27. The van der Waals surface area contributed by atoms with Crippen molar-refractivity contribution in [1.82, 2.24) is 0 Å². The molecule has 1 heterocycles. The van der Waals surface area contributed by atoms with Crippen molar-refractivity contribution in [1.29, 1.82) is 0 Å². The second-order valence-electron chi connectivity index (χ2n) is 4.09. The fourth-order valence-electron chi connectivity index (χ4n) is 1.99. The highest BCUT2D eigenvalue weighted by Crippen LogP contribution is 2.21. The minimum absolute atomic E-state index is 0.118. The molecule has 0 atom stereocenters. The lowest BCUT2D eigenvalue weighted by molar-refractivity contribution is 0.612. The number of hydrogen-bond acceptors (Lipinski definition) is 2. The maximum absolute atomic E-state index is 13.4. The summed E-state index contributed by atoms with van der Waals surface area (Å²) in [5.74, 6) is 0.988. The van der Waals surface area contributed by atoms with Crippen LogP contribution in [0, 0.1) is 5.82 Å². The molecular formula is C13H17FN2. The molecule has 16 heavy (non-hydrogen) atoms. The lowest BCUT2D eigenvalue weighted by atomic mass is 10.1. The van der Waals surface area contributed by atoms with Crippen molar-refractivity contribution >= 4 is 11.5 Å². The molecule has 0 aromatic heterocycles. The second-order valence-corrected chi connectivity index (χ2v) is 4.09. The van der Waals surface area contributed by atoms with Gasteiger partial charge in [-0.3, -0.25) is 4.99 Å². The zero-order valence-corrected chi connectivity index (χ0v) is 9.83. The van der Waals surface area contributed by atoms with Crippen LogP contribution in [-0.2, 0) is 6.42 Å². The molecule has 2 nitrogen and oxygen atoms in total. The van der Waals surface area contributed by atoms with E-state index in [1.807, 2.05) is 26.1 Å². The first-order chi connectivity index (χ1) is 7.72. The van der Waals surface area contributed by atoms with Gasteiger partial charge in [-0.25, -0.2) is 4.39 Å². The number of hydrogen-bond donors (Lipinski definition) is 0. The summed E-state index contributed by atoms with van der Waals surface area (Å²) >= 11 is 0. The maximum atomic E-state index is 13.4. The summed E-state index contributed by atoms with van der Waals surface area (Å²) in [5, 5.41) is 0. The largest absolute Gasteiger partial charge is 0.333 e. The van der Waals surface area contributed by atoms with Gasteiger partial charge >= 0.3 is 0 Å². The number of rotatable bonds is 2. The molecule has 0 bridgehead atoms. The van der Waals surface area contributed by atoms with E-state index in [4.69, 9.17) is 0 Å². The zero-order chi connectivity index (χ0) is 11.5. The highest BCUT2D eigenvalue weighted by atomic mass is 19.1. The van der Waals surface area contributed by atoms with E-state index in [1.165, 1.54) is 0 Å². The van der Waals surface area contributed by atoms with Crippen LogP contribution < -0.4 is 4.90 Å². The minimum atomic E-state index is -0.118. The highest BCUT2D eigenvalue weighted by Gasteiger charge is 2.13. The molecule has 1 aliphatic heterocycles. The Hall–Kier alpha value is -1.38. The first-order valence-corrected chi connectivity index (χ1v) is 5.78.